The molecule has 206 valence electrons. The summed E-state index contributed by atoms with van der Waals surface area (Å²) in [6.07, 6.45) is 3.84. The zero-order valence-corrected chi connectivity index (χ0v) is 23.7. The van der Waals surface area contributed by atoms with Crippen LogP contribution in [0.25, 0.3) is 22.2 Å². The number of carbonyl (C=O) groups is 1. The van der Waals surface area contributed by atoms with Crippen molar-refractivity contribution in [3.05, 3.63) is 30.5 Å². The smallest absolute Gasteiger partial charge is 0.320 e. The third-order valence-electron chi connectivity index (χ3n) is 6.39. The molecule has 0 aliphatic heterocycles. The van der Waals surface area contributed by atoms with Crippen LogP contribution in [0.1, 0.15) is 47.5 Å². The van der Waals surface area contributed by atoms with Crippen LogP contribution in [0.2, 0.25) is 0 Å². The second kappa shape index (κ2) is 12.7. The number of nitrogens with zero attached hydrogens (tertiary/aromatic N) is 5. The lowest BCUT2D eigenvalue weighted by molar-refractivity contribution is 0.249. The number of amides is 2. The first-order valence-corrected chi connectivity index (χ1v) is 13.1. The fourth-order valence-corrected chi connectivity index (χ4v) is 4.34. The molecule has 0 saturated carbocycles. The number of hydrogen-bond acceptors (Lipinski definition) is 8. The maximum atomic E-state index is 12.7. The van der Waals surface area contributed by atoms with Gasteiger partial charge >= 0.3 is 6.03 Å². The summed E-state index contributed by atoms with van der Waals surface area (Å²) in [5.41, 5.74) is 7.15. The summed E-state index contributed by atoms with van der Waals surface area (Å²) >= 11 is 0. The zero-order valence-electron chi connectivity index (χ0n) is 23.7. The summed E-state index contributed by atoms with van der Waals surface area (Å²) in [6.45, 7) is 14.0. The van der Waals surface area contributed by atoms with E-state index in [1.807, 2.05) is 39.0 Å². The molecule has 10 nitrogen and oxygen atoms in total. The lowest BCUT2D eigenvalue weighted by Crippen LogP contribution is -2.49. The molecule has 0 radical (unpaired) electrons. The highest BCUT2D eigenvalue weighted by atomic mass is 16.5. The molecule has 2 amide bonds. The predicted molar refractivity (Wildman–Crippen MR) is 153 cm³/mol. The minimum absolute atomic E-state index is 0.400. The Bertz CT molecular complexity index is 1220. The Kier molecular flexibility index (Phi) is 9.68. The van der Waals surface area contributed by atoms with Crippen LogP contribution >= 0.6 is 0 Å². The molecule has 0 aliphatic carbocycles. The number of pyridine rings is 1. The van der Waals surface area contributed by atoms with E-state index in [0.29, 0.717) is 34.5 Å². The van der Waals surface area contributed by atoms with Crippen LogP contribution in [0.15, 0.2) is 30.5 Å². The number of urea groups is 1. The molecule has 3 rings (SSSR count). The Hall–Kier alpha value is -3.66. The number of unbranched alkanes of at least 4 members (excludes halogenated alkanes) is 1. The van der Waals surface area contributed by atoms with E-state index in [1.165, 1.54) is 4.90 Å². The van der Waals surface area contributed by atoms with Crippen molar-refractivity contribution >= 4 is 28.8 Å². The van der Waals surface area contributed by atoms with E-state index < -0.39 is 11.6 Å². The number of rotatable bonds is 12. The number of nitrogens with two attached hydrogens (primary N) is 1. The number of carbonyl (C=O) groups excluding carboxylic acids is 1. The molecular formula is C28H41N7O3. The van der Waals surface area contributed by atoms with E-state index in [2.05, 4.69) is 34.0 Å². The van der Waals surface area contributed by atoms with Crippen LogP contribution < -0.4 is 25.4 Å². The Morgan fingerprint density at radius 1 is 1.00 bits per heavy atom. The van der Waals surface area contributed by atoms with Gasteiger partial charge in [-0.15, -0.1) is 0 Å². The standard InChI is InChI=1S/C28H41N7O3/c1-8-34(9-2)13-11-10-12-30-27-31-18-20-16-23(19-14-21(37-6)17-22(15-19)38-7)25(32-24(20)33-27)35(26(29)36)28(3,4)5/h14-18H,8-13H2,1-7H3,(H2,29,36)(H,30,31,32,33). The molecule has 0 atom stereocenters. The summed E-state index contributed by atoms with van der Waals surface area (Å²) in [4.78, 5) is 30.6. The van der Waals surface area contributed by atoms with Crippen LogP contribution in [0, 0.1) is 0 Å². The van der Waals surface area contributed by atoms with Crippen molar-refractivity contribution in [3.8, 4) is 22.6 Å². The predicted octanol–water partition coefficient (Wildman–Crippen LogP) is 4.93. The zero-order chi connectivity index (χ0) is 27.9. The lowest BCUT2D eigenvalue weighted by atomic mass is 10.0. The Morgan fingerprint density at radius 2 is 1.66 bits per heavy atom. The number of nitrogens with one attached hydrogen (secondary N) is 1. The first-order chi connectivity index (χ1) is 18.1. The van der Waals surface area contributed by atoms with Crippen molar-refractivity contribution in [2.45, 2.75) is 53.0 Å². The molecule has 0 spiro atoms. The average molecular weight is 524 g/mol. The topological polar surface area (TPSA) is 119 Å². The highest BCUT2D eigenvalue weighted by Crippen LogP contribution is 2.38. The molecule has 1 aromatic carbocycles. The highest BCUT2D eigenvalue weighted by molar-refractivity contribution is 5.98. The number of hydrogen-bond donors (Lipinski definition) is 2. The van der Waals surface area contributed by atoms with Gasteiger partial charge in [-0.3, -0.25) is 4.90 Å². The van der Waals surface area contributed by atoms with Crippen molar-refractivity contribution in [2.75, 3.05) is 50.6 Å². The van der Waals surface area contributed by atoms with E-state index in [4.69, 9.17) is 20.2 Å². The molecule has 3 aromatic rings. The highest BCUT2D eigenvalue weighted by Gasteiger charge is 2.31. The molecule has 0 unspecified atom stereocenters. The van der Waals surface area contributed by atoms with Gasteiger partial charge in [0.1, 0.15) is 17.3 Å². The van der Waals surface area contributed by atoms with Gasteiger partial charge in [-0.05, 0) is 77.0 Å². The molecule has 2 heterocycles. The van der Waals surface area contributed by atoms with Gasteiger partial charge in [-0.25, -0.2) is 14.8 Å². The van der Waals surface area contributed by atoms with Gasteiger partial charge < -0.3 is 25.4 Å². The van der Waals surface area contributed by atoms with E-state index in [0.717, 1.165) is 50.0 Å². The van der Waals surface area contributed by atoms with Crippen molar-refractivity contribution < 1.29 is 14.3 Å². The second-order valence-corrected chi connectivity index (χ2v) is 10.1. The second-order valence-electron chi connectivity index (χ2n) is 10.1. The quantitative estimate of drug-likeness (QED) is 0.321. The molecule has 38 heavy (non-hydrogen) atoms. The minimum atomic E-state index is -0.636. The van der Waals surface area contributed by atoms with Crippen LogP contribution in [0.3, 0.4) is 0 Å². The third-order valence-corrected chi connectivity index (χ3v) is 6.39. The SMILES string of the molecule is CCN(CC)CCCCNc1ncc2cc(-c3cc(OC)cc(OC)c3)c(N(C(N)=O)C(C)(C)C)nc2n1. The number of primary amides is 1. The number of methoxy groups -OCH3 is 2. The van der Waals surface area contributed by atoms with Gasteiger partial charge in [0, 0.05) is 35.3 Å². The molecule has 3 N–H and O–H groups in total. The van der Waals surface area contributed by atoms with Gasteiger partial charge in [0.2, 0.25) is 5.95 Å². The van der Waals surface area contributed by atoms with Crippen LogP contribution in [0.5, 0.6) is 11.5 Å². The maximum Gasteiger partial charge on any atom is 0.320 e. The molecule has 2 aromatic heterocycles. The number of anilines is 2. The third kappa shape index (κ3) is 7.00. The van der Waals surface area contributed by atoms with E-state index in [1.54, 1.807) is 26.5 Å². The molecule has 0 bridgehead atoms. The van der Waals surface area contributed by atoms with Crippen molar-refractivity contribution in [1.29, 1.82) is 0 Å². The Balaban J connectivity index is 2.02. The number of ether oxygens (including phenoxy) is 2. The van der Waals surface area contributed by atoms with Crippen molar-refractivity contribution in [2.24, 2.45) is 5.73 Å². The Labute approximate surface area is 225 Å². The van der Waals surface area contributed by atoms with E-state index in [9.17, 15) is 4.79 Å². The molecular weight excluding hydrogens is 482 g/mol. The van der Waals surface area contributed by atoms with Gasteiger partial charge in [0.15, 0.2) is 5.65 Å². The van der Waals surface area contributed by atoms with Crippen LogP contribution in [-0.4, -0.2) is 71.8 Å². The molecule has 0 aliphatic rings. The van der Waals surface area contributed by atoms with E-state index >= 15 is 0 Å². The summed E-state index contributed by atoms with van der Waals surface area (Å²) in [5.74, 6) is 2.12. The lowest BCUT2D eigenvalue weighted by Gasteiger charge is -2.34. The number of fused-ring (bicyclic) bond motifs is 1. The fraction of sp³-hybridized carbons (Fsp3) is 0.500. The number of aromatic nitrogens is 3. The average Bonchev–Trinajstić information content (AvgIpc) is 2.88. The Morgan fingerprint density at radius 3 is 2.21 bits per heavy atom. The largest absolute Gasteiger partial charge is 0.497 e. The number of benzene rings is 1. The minimum Gasteiger partial charge on any atom is -0.497 e. The van der Waals surface area contributed by atoms with Crippen molar-refractivity contribution in [3.63, 3.8) is 0 Å². The molecule has 0 fully saturated rings. The summed E-state index contributed by atoms with van der Waals surface area (Å²) in [6, 6.07) is 6.83. The molecule has 0 saturated heterocycles. The van der Waals surface area contributed by atoms with Crippen LogP contribution in [-0.2, 0) is 0 Å². The first kappa shape index (κ1) is 28.9. The normalized spacial score (nSPS) is 11.6. The van der Waals surface area contributed by atoms with Gasteiger partial charge in [0.25, 0.3) is 0 Å². The summed E-state index contributed by atoms with van der Waals surface area (Å²) in [5, 5.41) is 4.04. The summed E-state index contributed by atoms with van der Waals surface area (Å²) in [7, 11) is 3.18. The van der Waals surface area contributed by atoms with Crippen LogP contribution in [0.4, 0.5) is 16.6 Å². The first-order valence-electron chi connectivity index (χ1n) is 13.1. The van der Waals surface area contributed by atoms with Crippen molar-refractivity contribution in [1.82, 2.24) is 19.9 Å². The van der Waals surface area contributed by atoms with Gasteiger partial charge in [0.05, 0.1) is 14.2 Å². The summed E-state index contributed by atoms with van der Waals surface area (Å²) < 4.78 is 11.0. The van der Waals surface area contributed by atoms with Gasteiger partial charge in [-0.1, -0.05) is 13.8 Å². The monoisotopic (exact) mass is 523 g/mol. The molecule has 10 heteroatoms. The fourth-order valence-electron chi connectivity index (χ4n) is 4.34. The maximum absolute atomic E-state index is 12.7. The van der Waals surface area contributed by atoms with Gasteiger partial charge in [-0.2, -0.15) is 4.98 Å². The van der Waals surface area contributed by atoms with E-state index in [-0.39, 0.29) is 0 Å².